The third kappa shape index (κ3) is 6.11. The molecule has 1 aliphatic heterocycles. The summed E-state index contributed by atoms with van der Waals surface area (Å²) in [7, 11) is -1.19. The van der Waals surface area contributed by atoms with Crippen molar-refractivity contribution in [3.63, 3.8) is 0 Å². The monoisotopic (exact) mass is 487 g/mol. The Labute approximate surface area is 151 Å². The number of aliphatic imine (C=N–C) groups is 1. The summed E-state index contributed by atoms with van der Waals surface area (Å²) in [5.74, 6) is 1.07. The Hall–Kier alpha value is -0.350. The maximum absolute atomic E-state index is 11.4. The molecule has 0 aromatic heterocycles. The van der Waals surface area contributed by atoms with E-state index in [9.17, 15) is 8.42 Å². The van der Waals surface area contributed by atoms with Crippen molar-refractivity contribution >= 4 is 55.7 Å². The first-order valence-electron chi connectivity index (χ1n) is 6.40. The summed E-state index contributed by atoms with van der Waals surface area (Å²) < 4.78 is 23.9. The van der Waals surface area contributed by atoms with E-state index >= 15 is 0 Å². The Morgan fingerprint density at radius 3 is 2.81 bits per heavy atom. The van der Waals surface area contributed by atoms with Crippen LogP contribution in [0.2, 0.25) is 0 Å². The Balaban J connectivity index is 0.00000220. The average molecular weight is 488 g/mol. The average Bonchev–Trinajstić information content (AvgIpc) is 2.74. The standard InChI is InChI=1S/C13H18BrN3O2S.HI/c1-15-13(17-12-5-6-20(18,19)9-12)16-8-10-3-2-4-11(14)7-10;/h2-4,7,12H,5-6,8-9H2,1H3,(H2,15,16,17);1H. The van der Waals surface area contributed by atoms with Gasteiger partial charge in [0.25, 0.3) is 0 Å². The number of hydrogen-bond acceptors (Lipinski definition) is 3. The molecule has 0 aliphatic carbocycles. The number of nitrogens with zero attached hydrogens (tertiary/aromatic N) is 1. The maximum atomic E-state index is 11.4. The van der Waals surface area contributed by atoms with E-state index in [1.165, 1.54) is 0 Å². The van der Waals surface area contributed by atoms with Crippen LogP contribution >= 0.6 is 39.9 Å². The largest absolute Gasteiger partial charge is 0.353 e. The van der Waals surface area contributed by atoms with Crippen LogP contribution in [0.3, 0.4) is 0 Å². The van der Waals surface area contributed by atoms with E-state index in [-0.39, 0.29) is 41.5 Å². The van der Waals surface area contributed by atoms with E-state index in [1.54, 1.807) is 7.05 Å². The summed E-state index contributed by atoms with van der Waals surface area (Å²) in [5, 5.41) is 6.34. The van der Waals surface area contributed by atoms with Gasteiger partial charge < -0.3 is 10.6 Å². The molecule has 0 spiro atoms. The van der Waals surface area contributed by atoms with Crippen LogP contribution in [0.5, 0.6) is 0 Å². The van der Waals surface area contributed by atoms with Crippen molar-refractivity contribution in [1.82, 2.24) is 10.6 Å². The lowest BCUT2D eigenvalue weighted by Gasteiger charge is -2.16. The second-order valence-electron chi connectivity index (χ2n) is 4.80. The number of rotatable bonds is 3. The highest BCUT2D eigenvalue weighted by Gasteiger charge is 2.28. The number of nitrogens with one attached hydrogen (secondary N) is 2. The highest BCUT2D eigenvalue weighted by molar-refractivity contribution is 14.0. The smallest absolute Gasteiger partial charge is 0.191 e. The van der Waals surface area contributed by atoms with Crippen molar-refractivity contribution in [1.29, 1.82) is 0 Å². The van der Waals surface area contributed by atoms with E-state index in [0.29, 0.717) is 18.9 Å². The molecule has 1 unspecified atom stereocenters. The molecule has 8 heteroatoms. The van der Waals surface area contributed by atoms with Crippen molar-refractivity contribution in [3.05, 3.63) is 34.3 Å². The first kappa shape index (κ1) is 18.7. The Morgan fingerprint density at radius 2 is 2.24 bits per heavy atom. The quantitative estimate of drug-likeness (QED) is 0.388. The fraction of sp³-hybridized carbons (Fsp3) is 0.462. The molecule has 118 valence electrons. The molecular weight excluding hydrogens is 469 g/mol. The summed E-state index contributed by atoms with van der Waals surface area (Å²) in [6, 6.07) is 7.94. The molecule has 0 amide bonds. The van der Waals surface area contributed by atoms with Gasteiger partial charge in [-0.2, -0.15) is 0 Å². The molecule has 1 aliphatic rings. The highest BCUT2D eigenvalue weighted by Crippen LogP contribution is 2.12. The van der Waals surface area contributed by atoms with Gasteiger partial charge in [0.05, 0.1) is 11.5 Å². The van der Waals surface area contributed by atoms with Crippen LogP contribution in [0.25, 0.3) is 0 Å². The molecule has 0 saturated carbocycles. The third-order valence-corrected chi connectivity index (χ3v) is 5.41. The van der Waals surface area contributed by atoms with Crippen molar-refractivity contribution in [2.75, 3.05) is 18.6 Å². The number of guanidine groups is 1. The minimum absolute atomic E-state index is 0. The molecular formula is C13H19BrIN3O2S. The highest BCUT2D eigenvalue weighted by atomic mass is 127. The lowest BCUT2D eigenvalue weighted by atomic mass is 10.2. The van der Waals surface area contributed by atoms with Gasteiger partial charge in [0.15, 0.2) is 15.8 Å². The van der Waals surface area contributed by atoms with Gasteiger partial charge in [0.1, 0.15) is 0 Å². The fourth-order valence-electron chi connectivity index (χ4n) is 2.13. The molecule has 1 atom stereocenters. The van der Waals surface area contributed by atoms with Crippen molar-refractivity contribution in [2.24, 2.45) is 4.99 Å². The number of hydrogen-bond donors (Lipinski definition) is 2. The lowest BCUT2D eigenvalue weighted by Crippen LogP contribution is -2.43. The number of halogens is 2. The van der Waals surface area contributed by atoms with E-state index in [1.807, 2.05) is 24.3 Å². The molecule has 1 fully saturated rings. The van der Waals surface area contributed by atoms with Crippen LogP contribution in [0, 0.1) is 0 Å². The van der Waals surface area contributed by atoms with Gasteiger partial charge in [0, 0.05) is 24.1 Å². The molecule has 5 nitrogen and oxygen atoms in total. The van der Waals surface area contributed by atoms with Crippen LogP contribution in [0.4, 0.5) is 0 Å². The van der Waals surface area contributed by atoms with Crippen LogP contribution in [-0.4, -0.2) is 39.0 Å². The van der Waals surface area contributed by atoms with E-state index in [0.717, 1.165) is 10.0 Å². The zero-order valence-corrected chi connectivity index (χ0v) is 16.4. The summed E-state index contributed by atoms with van der Waals surface area (Å²) in [6.07, 6.45) is 0.639. The zero-order valence-electron chi connectivity index (χ0n) is 11.7. The predicted octanol–water partition coefficient (Wildman–Crippen LogP) is 1.92. The Kier molecular flexibility index (Phi) is 7.41. The van der Waals surface area contributed by atoms with Gasteiger partial charge in [-0.15, -0.1) is 24.0 Å². The second-order valence-corrected chi connectivity index (χ2v) is 7.94. The van der Waals surface area contributed by atoms with Gasteiger partial charge in [-0.3, -0.25) is 4.99 Å². The summed E-state index contributed by atoms with van der Waals surface area (Å²) in [4.78, 5) is 4.12. The predicted molar refractivity (Wildman–Crippen MR) is 100.0 cm³/mol. The van der Waals surface area contributed by atoms with Crippen LogP contribution < -0.4 is 10.6 Å². The van der Waals surface area contributed by atoms with Crippen LogP contribution in [0.1, 0.15) is 12.0 Å². The Morgan fingerprint density at radius 1 is 1.48 bits per heavy atom. The van der Waals surface area contributed by atoms with Gasteiger partial charge in [0.2, 0.25) is 0 Å². The number of sulfone groups is 1. The molecule has 0 radical (unpaired) electrons. The molecule has 1 aromatic carbocycles. The topological polar surface area (TPSA) is 70.6 Å². The summed E-state index contributed by atoms with van der Waals surface area (Å²) in [6.45, 7) is 0.637. The normalized spacial score (nSPS) is 20.7. The van der Waals surface area contributed by atoms with Crippen molar-refractivity contribution in [2.45, 2.75) is 19.0 Å². The summed E-state index contributed by atoms with van der Waals surface area (Å²) >= 11 is 3.43. The Bertz CT molecular complexity index is 607. The molecule has 1 heterocycles. The van der Waals surface area contributed by atoms with E-state index < -0.39 is 9.84 Å². The van der Waals surface area contributed by atoms with Crippen LogP contribution in [-0.2, 0) is 16.4 Å². The lowest BCUT2D eigenvalue weighted by molar-refractivity contribution is 0.599. The van der Waals surface area contributed by atoms with E-state index in [4.69, 9.17) is 0 Å². The first-order chi connectivity index (χ1) is 9.48. The second kappa shape index (κ2) is 8.33. The minimum Gasteiger partial charge on any atom is -0.353 e. The third-order valence-electron chi connectivity index (χ3n) is 3.15. The minimum atomic E-state index is -2.87. The van der Waals surface area contributed by atoms with Gasteiger partial charge in [-0.05, 0) is 24.1 Å². The van der Waals surface area contributed by atoms with Crippen molar-refractivity contribution in [3.8, 4) is 0 Å². The summed E-state index contributed by atoms with van der Waals surface area (Å²) in [5.41, 5.74) is 1.13. The molecule has 2 N–H and O–H groups in total. The molecule has 21 heavy (non-hydrogen) atoms. The molecule has 2 rings (SSSR count). The molecule has 0 bridgehead atoms. The first-order valence-corrected chi connectivity index (χ1v) is 9.02. The maximum Gasteiger partial charge on any atom is 0.191 e. The van der Waals surface area contributed by atoms with Gasteiger partial charge >= 0.3 is 0 Å². The van der Waals surface area contributed by atoms with Crippen LogP contribution in [0.15, 0.2) is 33.7 Å². The van der Waals surface area contributed by atoms with Gasteiger partial charge in [-0.25, -0.2) is 8.42 Å². The molecule has 1 aromatic rings. The van der Waals surface area contributed by atoms with Gasteiger partial charge in [-0.1, -0.05) is 28.1 Å². The van der Waals surface area contributed by atoms with Crippen molar-refractivity contribution < 1.29 is 8.42 Å². The fourth-order valence-corrected chi connectivity index (χ4v) is 4.25. The number of benzene rings is 1. The molecule has 1 saturated heterocycles. The SMILES string of the molecule is CN=C(NCc1cccc(Br)c1)NC1CCS(=O)(=O)C1.I. The van der Waals surface area contributed by atoms with E-state index in [2.05, 4.69) is 31.6 Å². The zero-order chi connectivity index (χ0) is 14.6.